The van der Waals surface area contributed by atoms with Crippen LogP contribution >= 0.6 is 24.0 Å². The molecule has 0 aliphatic carbocycles. The highest BCUT2D eigenvalue weighted by molar-refractivity contribution is 14.0. The van der Waals surface area contributed by atoms with Crippen LogP contribution in [0.3, 0.4) is 0 Å². The van der Waals surface area contributed by atoms with Gasteiger partial charge in [0.1, 0.15) is 11.6 Å². The van der Waals surface area contributed by atoms with Crippen LogP contribution in [0, 0.1) is 0 Å². The Hall–Kier alpha value is -2.63. The zero-order valence-electron chi connectivity index (χ0n) is 18.0. The summed E-state index contributed by atoms with van der Waals surface area (Å²) in [7, 11) is 3.72. The van der Waals surface area contributed by atoms with Crippen molar-refractivity contribution in [3.8, 4) is 5.75 Å². The second-order valence-electron chi connectivity index (χ2n) is 7.42. The summed E-state index contributed by atoms with van der Waals surface area (Å²) in [6.07, 6.45) is 0.857. The highest BCUT2D eigenvalue weighted by Gasteiger charge is 2.26. The quantitative estimate of drug-likeness (QED) is 0.275. The predicted octanol–water partition coefficient (Wildman–Crippen LogP) is 3.74. The topological polar surface area (TPSA) is 66.7 Å². The van der Waals surface area contributed by atoms with Crippen molar-refractivity contribution < 1.29 is 13.5 Å². The lowest BCUT2D eigenvalue weighted by Gasteiger charge is -2.22. The maximum Gasteiger partial charge on any atom is 0.387 e. The molecular formula is C22H27F2IN6O. The number of benzene rings is 2. The Balaban J connectivity index is 0.00000289. The van der Waals surface area contributed by atoms with Crippen molar-refractivity contribution in [3.63, 3.8) is 0 Å². The van der Waals surface area contributed by atoms with Crippen molar-refractivity contribution in [2.45, 2.75) is 25.6 Å². The summed E-state index contributed by atoms with van der Waals surface area (Å²) in [6.45, 7) is -0.908. The number of nitrogens with one attached hydrogen (secondary N) is 2. The first-order valence-electron chi connectivity index (χ1n) is 10.2. The predicted molar refractivity (Wildman–Crippen MR) is 133 cm³/mol. The molecule has 10 heteroatoms. The number of alkyl halides is 2. The Morgan fingerprint density at radius 2 is 1.97 bits per heavy atom. The molecule has 7 nitrogen and oxygen atoms in total. The van der Waals surface area contributed by atoms with Crippen molar-refractivity contribution in [2.75, 3.05) is 25.0 Å². The van der Waals surface area contributed by atoms with Crippen LogP contribution in [0.5, 0.6) is 5.75 Å². The average molecular weight is 556 g/mol. The monoisotopic (exact) mass is 556 g/mol. The van der Waals surface area contributed by atoms with Gasteiger partial charge in [-0.15, -0.1) is 24.0 Å². The molecule has 0 spiro atoms. The number of anilines is 1. The number of halogens is 3. The Morgan fingerprint density at radius 1 is 1.22 bits per heavy atom. The lowest BCUT2D eigenvalue weighted by atomic mass is 10.2. The van der Waals surface area contributed by atoms with Gasteiger partial charge < -0.3 is 24.8 Å². The second kappa shape index (κ2) is 10.8. The third-order valence-electron chi connectivity index (χ3n) is 5.47. The number of imidazole rings is 1. The van der Waals surface area contributed by atoms with Crippen LogP contribution in [-0.4, -0.2) is 48.3 Å². The van der Waals surface area contributed by atoms with Gasteiger partial charge in [0.05, 0.1) is 23.3 Å². The summed E-state index contributed by atoms with van der Waals surface area (Å²) >= 11 is 0. The Morgan fingerprint density at radius 3 is 2.72 bits per heavy atom. The summed E-state index contributed by atoms with van der Waals surface area (Å²) in [5, 5.41) is 6.74. The molecule has 1 aliphatic rings. The molecule has 1 aliphatic heterocycles. The molecule has 1 fully saturated rings. The number of aromatic nitrogens is 2. The lowest BCUT2D eigenvalue weighted by Crippen LogP contribution is -2.44. The van der Waals surface area contributed by atoms with Crippen molar-refractivity contribution >= 4 is 46.7 Å². The molecule has 0 radical (unpaired) electrons. The highest BCUT2D eigenvalue weighted by Crippen LogP contribution is 2.31. The van der Waals surface area contributed by atoms with E-state index in [1.165, 1.54) is 0 Å². The third-order valence-corrected chi connectivity index (χ3v) is 5.47. The summed E-state index contributed by atoms with van der Waals surface area (Å²) in [4.78, 5) is 11.0. The minimum absolute atomic E-state index is 0. The van der Waals surface area contributed by atoms with Gasteiger partial charge in [0.25, 0.3) is 0 Å². The lowest BCUT2D eigenvalue weighted by molar-refractivity contribution is -0.0495. The second-order valence-corrected chi connectivity index (χ2v) is 7.42. The van der Waals surface area contributed by atoms with Crippen LogP contribution < -0.4 is 20.3 Å². The molecule has 0 saturated carbocycles. The molecule has 2 N–H and O–H groups in total. The van der Waals surface area contributed by atoms with Gasteiger partial charge >= 0.3 is 6.61 Å². The molecule has 32 heavy (non-hydrogen) atoms. The molecule has 0 amide bonds. The first-order valence-corrected chi connectivity index (χ1v) is 10.2. The molecule has 3 aromatic rings. The highest BCUT2D eigenvalue weighted by atomic mass is 127. The van der Waals surface area contributed by atoms with Crippen molar-refractivity contribution in [2.24, 2.45) is 12.0 Å². The maximum absolute atomic E-state index is 12.7. The Labute approximate surface area is 202 Å². The van der Waals surface area contributed by atoms with Gasteiger partial charge in [-0.1, -0.05) is 24.3 Å². The Bertz CT molecular complexity index is 1070. The number of hydrogen-bond acceptors (Lipinski definition) is 4. The molecule has 2 aromatic carbocycles. The normalized spacial score (nSPS) is 16.3. The average Bonchev–Trinajstić information content (AvgIpc) is 3.36. The number of hydrogen-bond donors (Lipinski definition) is 2. The van der Waals surface area contributed by atoms with Gasteiger partial charge in [-0.2, -0.15) is 8.78 Å². The van der Waals surface area contributed by atoms with E-state index in [1.807, 2.05) is 42.3 Å². The molecule has 1 atom stereocenters. The van der Waals surface area contributed by atoms with Crippen LogP contribution in [0.4, 0.5) is 14.5 Å². The van der Waals surface area contributed by atoms with Gasteiger partial charge in [0.2, 0.25) is 0 Å². The number of aliphatic imine (C=N–C) groups is 1. The van der Waals surface area contributed by atoms with Gasteiger partial charge in [0, 0.05) is 33.2 Å². The van der Waals surface area contributed by atoms with Crippen LogP contribution in [0.25, 0.3) is 11.0 Å². The van der Waals surface area contributed by atoms with Gasteiger partial charge in [-0.05, 0) is 30.7 Å². The van der Waals surface area contributed by atoms with Crippen LogP contribution in [-0.2, 0) is 13.6 Å². The number of para-hydroxylation sites is 4. The fraction of sp³-hybridized carbons (Fsp3) is 0.364. The van der Waals surface area contributed by atoms with Crippen LogP contribution in [0.15, 0.2) is 53.5 Å². The van der Waals surface area contributed by atoms with E-state index < -0.39 is 6.61 Å². The number of ether oxygens (including phenoxy) is 1. The van der Waals surface area contributed by atoms with Crippen LogP contribution in [0.2, 0.25) is 0 Å². The SMILES string of the molecule is CN=C(NCc1nc2ccccc2n1C)NC1CCN(c2ccccc2OC(F)F)C1.I. The van der Waals surface area contributed by atoms with E-state index in [-0.39, 0.29) is 35.8 Å². The number of aryl methyl sites for hydroxylation is 1. The van der Waals surface area contributed by atoms with Gasteiger partial charge in [-0.3, -0.25) is 4.99 Å². The number of guanidine groups is 1. The van der Waals surface area contributed by atoms with Gasteiger partial charge in [0.15, 0.2) is 5.96 Å². The van der Waals surface area contributed by atoms with Crippen LogP contribution in [0.1, 0.15) is 12.2 Å². The summed E-state index contributed by atoms with van der Waals surface area (Å²) in [5.41, 5.74) is 2.72. The van der Waals surface area contributed by atoms with Gasteiger partial charge in [-0.25, -0.2) is 4.98 Å². The van der Waals surface area contributed by atoms with E-state index in [4.69, 9.17) is 0 Å². The van der Waals surface area contributed by atoms with E-state index >= 15 is 0 Å². The molecule has 1 unspecified atom stereocenters. The zero-order valence-corrected chi connectivity index (χ0v) is 20.3. The van der Waals surface area contributed by atoms with E-state index in [0.29, 0.717) is 24.7 Å². The summed E-state index contributed by atoms with van der Waals surface area (Å²) in [5.74, 6) is 1.79. The minimum Gasteiger partial charge on any atom is -0.433 e. The molecule has 1 saturated heterocycles. The van der Waals surface area contributed by atoms with E-state index in [1.54, 1.807) is 25.2 Å². The van der Waals surface area contributed by atoms with Crippen molar-refractivity contribution in [1.29, 1.82) is 0 Å². The van der Waals surface area contributed by atoms with E-state index in [2.05, 4.69) is 29.9 Å². The number of fused-ring (bicyclic) bond motifs is 1. The first kappa shape index (κ1) is 24.0. The third kappa shape index (κ3) is 5.40. The van der Waals surface area contributed by atoms with Crippen molar-refractivity contribution in [1.82, 2.24) is 20.2 Å². The fourth-order valence-corrected chi connectivity index (χ4v) is 3.92. The summed E-state index contributed by atoms with van der Waals surface area (Å²) < 4.78 is 32.2. The number of nitrogens with zero attached hydrogens (tertiary/aromatic N) is 4. The standard InChI is InChI=1S/C22H26F2N6O.HI/c1-25-22(26-13-20-28-16-7-3-4-8-17(16)29(20)2)27-15-11-12-30(14-15)18-9-5-6-10-19(18)31-21(23)24;/h3-10,15,21H,11-14H2,1-2H3,(H2,25,26,27);1H. The molecule has 4 rings (SSSR count). The fourth-order valence-electron chi connectivity index (χ4n) is 3.92. The number of rotatable bonds is 6. The maximum atomic E-state index is 12.7. The Kier molecular flexibility index (Phi) is 8.10. The zero-order chi connectivity index (χ0) is 21.8. The van der Waals surface area contributed by atoms with E-state index in [0.717, 1.165) is 29.8 Å². The molecule has 2 heterocycles. The van der Waals surface area contributed by atoms with Crippen molar-refractivity contribution in [3.05, 3.63) is 54.4 Å². The molecule has 0 bridgehead atoms. The smallest absolute Gasteiger partial charge is 0.387 e. The molecule has 172 valence electrons. The largest absolute Gasteiger partial charge is 0.433 e. The minimum atomic E-state index is -2.84. The summed E-state index contributed by atoms with van der Waals surface area (Å²) in [6, 6.07) is 15.0. The molecule has 1 aromatic heterocycles. The van der Waals surface area contributed by atoms with E-state index in [9.17, 15) is 8.78 Å². The molecular weight excluding hydrogens is 529 g/mol. The first-order chi connectivity index (χ1) is 15.0.